The second-order valence-corrected chi connectivity index (χ2v) is 6.45. The van der Waals surface area contributed by atoms with Crippen LogP contribution in [-0.2, 0) is 4.74 Å². The van der Waals surface area contributed by atoms with Crippen molar-refractivity contribution in [1.29, 1.82) is 0 Å². The van der Waals surface area contributed by atoms with E-state index < -0.39 is 0 Å². The zero-order chi connectivity index (χ0) is 16.5. The van der Waals surface area contributed by atoms with Gasteiger partial charge in [-0.3, -0.25) is 4.40 Å². The Kier molecular flexibility index (Phi) is 4.08. The Morgan fingerprint density at radius 2 is 2.00 bits per heavy atom. The second kappa shape index (κ2) is 6.37. The number of anilines is 1. The van der Waals surface area contributed by atoms with Crippen LogP contribution in [0.15, 0.2) is 30.5 Å². The number of nitrogens with zero attached hydrogens (tertiary/aromatic N) is 4. The molecule has 24 heavy (non-hydrogen) atoms. The van der Waals surface area contributed by atoms with Crippen LogP contribution in [0.4, 0.5) is 5.82 Å². The molecule has 0 aliphatic carbocycles. The zero-order valence-electron chi connectivity index (χ0n) is 14.0. The van der Waals surface area contributed by atoms with Crippen molar-refractivity contribution < 1.29 is 4.74 Å². The van der Waals surface area contributed by atoms with E-state index in [0.717, 1.165) is 61.5 Å². The highest BCUT2D eigenvalue weighted by atomic mass is 16.5. The van der Waals surface area contributed by atoms with Crippen LogP contribution < -0.4 is 5.73 Å². The third kappa shape index (κ3) is 2.72. The molecule has 0 spiro atoms. The summed E-state index contributed by atoms with van der Waals surface area (Å²) in [6, 6.07) is 8.11. The molecule has 2 aromatic heterocycles. The summed E-state index contributed by atoms with van der Waals surface area (Å²) in [4.78, 5) is 11.7. The second-order valence-electron chi connectivity index (χ2n) is 6.45. The number of benzene rings is 1. The van der Waals surface area contributed by atoms with E-state index in [1.54, 1.807) is 7.11 Å². The van der Waals surface area contributed by atoms with E-state index in [-0.39, 0.29) is 0 Å². The van der Waals surface area contributed by atoms with Gasteiger partial charge < -0.3 is 15.4 Å². The molecule has 0 atom stereocenters. The fraction of sp³-hybridized carbons (Fsp3) is 0.444. The first-order valence-electron chi connectivity index (χ1n) is 8.51. The minimum absolute atomic E-state index is 0.455. The summed E-state index contributed by atoms with van der Waals surface area (Å²) >= 11 is 0. The summed E-state index contributed by atoms with van der Waals surface area (Å²) in [5, 5.41) is 0. The van der Waals surface area contributed by atoms with Crippen LogP contribution in [0.5, 0.6) is 0 Å². The molecule has 1 fully saturated rings. The molecule has 1 saturated heterocycles. The van der Waals surface area contributed by atoms with E-state index in [9.17, 15) is 0 Å². The standard InChI is InChI=1S/C18H23N5O/c1-24-11-10-22-8-6-13(7-9-22)15-12-23-16-5-3-2-4-14(16)21-18(23)17(19)20-15/h2-5,12-13H,6-11H2,1H3,(H2,19,20). The van der Waals surface area contributed by atoms with Gasteiger partial charge in [-0.25, -0.2) is 9.97 Å². The molecule has 0 bridgehead atoms. The van der Waals surface area contributed by atoms with Gasteiger partial charge >= 0.3 is 0 Å². The number of ether oxygens (including phenoxy) is 1. The maximum Gasteiger partial charge on any atom is 0.180 e. The van der Waals surface area contributed by atoms with Crippen LogP contribution in [0, 0.1) is 0 Å². The monoisotopic (exact) mass is 325 g/mol. The van der Waals surface area contributed by atoms with Gasteiger partial charge in [0.25, 0.3) is 0 Å². The third-order valence-corrected chi connectivity index (χ3v) is 4.95. The molecular formula is C18H23N5O. The minimum Gasteiger partial charge on any atom is -0.383 e. The summed E-state index contributed by atoms with van der Waals surface area (Å²) in [5.41, 5.74) is 10.1. The molecule has 1 aromatic carbocycles. The van der Waals surface area contributed by atoms with Gasteiger partial charge in [-0.05, 0) is 38.1 Å². The topological polar surface area (TPSA) is 68.7 Å². The Labute approximate surface area is 141 Å². The molecule has 0 unspecified atom stereocenters. The third-order valence-electron chi connectivity index (χ3n) is 4.95. The van der Waals surface area contributed by atoms with Crippen molar-refractivity contribution in [3.63, 3.8) is 0 Å². The lowest BCUT2D eigenvalue weighted by atomic mass is 9.94. The van der Waals surface area contributed by atoms with Crippen molar-refractivity contribution in [3.05, 3.63) is 36.2 Å². The van der Waals surface area contributed by atoms with Gasteiger partial charge in [-0.1, -0.05) is 12.1 Å². The molecule has 6 heteroatoms. The lowest BCUT2D eigenvalue weighted by molar-refractivity contribution is 0.130. The molecule has 2 N–H and O–H groups in total. The molecule has 0 amide bonds. The van der Waals surface area contributed by atoms with Crippen molar-refractivity contribution >= 4 is 22.5 Å². The van der Waals surface area contributed by atoms with Gasteiger partial charge in [-0.2, -0.15) is 0 Å². The predicted molar refractivity (Wildman–Crippen MR) is 95.2 cm³/mol. The normalized spacial score (nSPS) is 17.0. The summed E-state index contributed by atoms with van der Waals surface area (Å²) in [6.07, 6.45) is 4.33. The molecule has 1 aliphatic heterocycles. The summed E-state index contributed by atoms with van der Waals surface area (Å²) in [7, 11) is 1.75. The van der Waals surface area contributed by atoms with Gasteiger partial charge in [0.05, 0.1) is 23.3 Å². The van der Waals surface area contributed by atoms with Gasteiger partial charge in [0.15, 0.2) is 11.5 Å². The van der Waals surface area contributed by atoms with Gasteiger partial charge in [0.2, 0.25) is 0 Å². The Hall–Kier alpha value is -2.18. The van der Waals surface area contributed by atoms with Crippen LogP contribution in [0.25, 0.3) is 16.7 Å². The van der Waals surface area contributed by atoms with E-state index >= 15 is 0 Å². The number of methoxy groups -OCH3 is 1. The highest BCUT2D eigenvalue weighted by Crippen LogP contribution is 2.29. The Morgan fingerprint density at radius 1 is 1.21 bits per heavy atom. The zero-order valence-corrected chi connectivity index (χ0v) is 14.0. The molecule has 0 radical (unpaired) electrons. The number of piperidine rings is 1. The van der Waals surface area contributed by atoms with E-state index in [1.165, 1.54) is 0 Å². The number of fused-ring (bicyclic) bond motifs is 3. The average Bonchev–Trinajstić information content (AvgIpc) is 3.00. The van der Waals surface area contributed by atoms with E-state index in [2.05, 4.69) is 31.5 Å². The Morgan fingerprint density at radius 3 is 2.79 bits per heavy atom. The molecule has 3 aromatic rings. The number of aromatic nitrogens is 3. The maximum absolute atomic E-state index is 6.20. The number of imidazole rings is 1. The first-order chi connectivity index (χ1) is 11.8. The quantitative estimate of drug-likeness (QED) is 0.797. The van der Waals surface area contributed by atoms with Crippen LogP contribution in [-0.4, -0.2) is 52.6 Å². The smallest absolute Gasteiger partial charge is 0.180 e. The highest BCUT2D eigenvalue weighted by Gasteiger charge is 2.23. The SMILES string of the molecule is COCCN1CCC(c2cn3c(nc4ccccc43)c(N)n2)CC1. The lowest BCUT2D eigenvalue weighted by Gasteiger charge is -2.31. The fourth-order valence-electron chi connectivity index (χ4n) is 3.58. The Balaban J connectivity index is 1.62. The van der Waals surface area contributed by atoms with Gasteiger partial charge in [-0.15, -0.1) is 0 Å². The van der Waals surface area contributed by atoms with Crippen LogP contribution >= 0.6 is 0 Å². The predicted octanol–water partition coefficient (Wildman–Crippen LogP) is 2.29. The largest absolute Gasteiger partial charge is 0.383 e. The van der Waals surface area contributed by atoms with Crippen LogP contribution in [0.1, 0.15) is 24.5 Å². The molecule has 1 aliphatic rings. The molecule has 3 heterocycles. The molecule has 4 rings (SSSR count). The number of hydrogen-bond acceptors (Lipinski definition) is 5. The average molecular weight is 325 g/mol. The van der Waals surface area contributed by atoms with E-state index in [1.807, 2.05) is 18.2 Å². The molecule has 6 nitrogen and oxygen atoms in total. The Bertz CT molecular complexity index is 851. The van der Waals surface area contributed by atoms with Gasteiger partial charge in [0, 0.05) is 25.8 Å². The first-order valence-corrected chi connectivity index (χ1v) is 8.51. The molecule has 126 valence electrons. The van der Waals surface area contributed by atoms with Crippen LogP contribution in [0.3, 0.4) is 0 Å². The number of likely N-dealkylation sites (tertiary alicyclic amines) is 1. The van der Waals surface area contributed by atoms with Crippen LogP contribution in [0.2, 0.25) is 0 Å². The fourth-order valence-corrected chi connectivity index (χ4v) is 3.58. The van der Waals surface area contributed by atoms with Gasteiger partial charge in [0.1, 0.15) is 0 Å². The van der Waals surface area contributed by atoms with E-state index in [4.69, 9.17) is 10.5 Å². The minimum atomic E-state index is 0.455. The number of nitrogen functional groups attached to an aromatic ring is 1. The number of rotatable bonds is 4. The maximum atomic E-state index is 6.20. The summed E-state index contributed by atoms with van der Waals surface area (Å²) in [5.74, 6) is 0.974. The van der Waals surface area contributed by atoms with Crippen molar-refractivity contribution in [1.82, 2.24) is 19.3 Å². The first kappa shape index (κ1) is 15.4. The summed E-state index contributed by atoms with van der Waals surface area (Å²) in [6.45, 7) is 3.96. The number of hydrogen-bond donors (Lipinski definition) is 1. The molecular weight excluding hydrogens is 302 g/mol. The van der Waals surface area contributed by atoms with Crippen molar-refractivity contribution in [2.24, 2.45) is 0 Å². The number of para-hydroxylation sites is 2. The van der Waals surface area contributed by atoms with E-state index in [0.29, 0.717) is 11.7 Å². The van der Waals surface area contributed by atoms with Crippen molar-refractivity contribution in [3.8, 4) is 0 Å². The lowest BCUT2D eigenvalue weighted by Crippen LogP contribution is -2.35. The molecule has 0 saturated carbocycles. The van der Waals surface area contributed by atoms with Crippen molar-refractivity contribution in [2.75, 3.05) is 39.1 Å². The van der Waals surface area contributed by atoms with Crippen molar-refractivity contribution in [2.45, 2.75) is 18.8 Å². The highest BCUT2D eigenvalue weighted by molar-refractivity contribution is 5.83. The number of nitrogens with two attached hydrogens (primary N) is 1. The summed E-state index contributed by atoms with van der Waals surface area (Å²) < 4.78 is 7.26.